The average molecular weight is 507 g/mol. The maximum atomic E-state index is 13.2. The lowest BCUT2D eigenvalue weighted by molar-refractivity contribution is -0.153. The Morgan fingerprint density at radius 1 is 0.919 bits per heavy atom. The fourth-order valence-corrected chi connectivity index (χ4v) is 4.35. The van der Waals surface area contributed by atoms with Crippen molar-refractivity contribution in [3.05, 3.63) is 66.3 Å². The molecular formula is C30H38N2O5. The van der Waals surface area contributed by atoms with Crippen molar-refractivity contribution in [3.63, 3.8) is 0 Å². The molecule has 1 atom stereocenters. The second-order valence-electron chi connectivity index (χ2n) is 9.05. The van der Waals surface area contributed by atoms with E-state index in [-0.39, 0.29) is 18.4 Å². The summed E-state index contributed by atoms with van der Waals surface area (Å²) in [5.74, 6) is 1.63. The number of piperazine rings is 1. The highest BCUT2D eigenvalue weighted by atomic mass is 16.5. The van der Waals surface area contributed by atoms with Gasteiger partial charge in [0.1, 0.15) is 12.6 Å². The lowest BCUT2D eigenvalue weighted by Gasteiger charge is -2.38. The average Bonchev–Trinajstić information content (AvgIpc) is 2.92. The van der Waals surface area contributed by atoms with Gasteiger partial charge in [-0.3, -0.25) is 9.59 Å². The highest BCUT2D eigenvalue weighted by Crippen LogP contribution is 2.41. The first kappa shape index (κ1) is 27.8. The molecule has 7 heteroatoms. The number of allylic oxidation sites excluding steroid dienone is 3. The van der Waals surface area contributed by atoms with Gasteiger partial charge in [0.25, 0.3) is 0 Å². The summed E-state index contributed by atoms with van der Waals surface area (Å²) in [5.41, 5.74) is 2.87. The van der Waals surface area contributed by atoms with E-state index in [0.717, 1.165) is 23.1 Å². The van der Waals surface area contributed by atoms with Gasteiger partial charge in [-0.25, -0.2) is 0 Å². The zero-order valence-electron chi connectivity index (χ0n) is 22.5. The normalized spacial score (nSPS) is 16.2. The summed E-state index contributed by atoms with van der Waals surface area (Å²) in [5, 5.41) is 0. The molecule has 1 fully saturated rings. The first-order valence-electron chi connectivity index (χ1n) is 12.7. The molecule has 2 aromatic rings. The minimum absolute atomic E-state index is 0.0320. The van der Waals surface area contributed by atoms with Crippen molar-refractivity contribution < 1.29 is 23.8 Å². The van der Waals surface area contributed by atoms with Crippen molar-refractivity contribution in [3.8, 4) is 28.4 Å². The van der Waals surface area contributed by atoms with E-state index in [4.69, 9.17) is 14.2 Å². The standard InChI is InChI=1S/C30H38N2O5/c1-6-7-8-9-10-11-12-17-32-21-28(33)31(2)25(30(32)34)18-22-13-15-23(16-14-22)24-19-26(35-3)29(37-5)27(20-24)36-4/h9-16,19-20,25H,6-8,17-18,21H2,1-5H3/t25-/m0/s1. The van der Waals surface area contributed by atoms with Gasteiger partial charge in [0.15, 0.2) is 11.5 Å². The number of rotatable bonds is 12. The van der Waals surface area contributed by atoms with Crippen LogP contribution in [0.4, 0.5) is 0 Å². The zero-order chi connectivity index (χ0) is 26.8. The molecule has 2 amide bonds. The number of benzene rings is 2. The van der Waals surface area contributed by atoms with E-state index in [0.29, 0.717) is 30.2 Å². The second kappa shape index (κ2) is 13.5. The number of likely N-dealkylation sites (N-methyl/N-ethyl adjacent to an activating group) is 1. The Morgan fingerprint density at radius 3 is 2.16 bits per heavy atom. The molecular weight excluding hydrogens is 468 g/mol. The van der Waals surface area contributed by atoms with Crippen LogP contribution in [0, 0.1) is 0 Å². The molecule has 7 nitrogen and oxygen atoms in total. The Hall–Kier alpha value is -3.74. The van der Waals surface area contributed by atoms with Gasteiger partial charge in [0.05, 0.1) is 21.3 Å². The smallest absolute Gasteiger partial charge is 0.246 e. The van der Waals surface area contributed by atoms with Crippen LogP contribution in [0.25, 0.3) is 11.1 Å². The molecule has 0 aromatic heterocycles. The Morgan fingerprint density at radius 2 is 1.57 bits per heavy atom. The highest BCUT2D eigenvalue weighted by molar-refractivity contribution is 5.95. The van der Waals surface area contributed by atoms with Crippen molar-refractivity contribution in [2.45, 2.75) is 38.6 Å². The van der Waals surface area contributed by atoms with Crippen LogP contribution in [0.3, 0.4) is 0 Å². The van der Waals surface area contributed by atoms with Crippen molar-refractivity contribution in [2.24, 2.45) is 0 Å². The van der Waals surface area contributed by atoms with Crippen molar-refractivity contribution in [1.29, 1.82) is 0 Å². The van der Waals surface area contributed by atoms with Gasteiger partial charge in [-0.1, -0.05) is 68.3 Å². The number of amides is 2. The molecule has 0 saturated carbocycles. The monoisotopic (exact) mass is 506 g/mol. The summed E-state index contributed by atoms with van der Waals surface area (Å²) < 4.78 is 16.4. The first-order chi connectivity index (χ1) is 17.9. The number of hydrogen-bond donors (Lipinski definition) is 0. The van der Waals surface area contributed by atoms with Gasteiger partial charge in [0, 0.05) is 20.0 Å². The number of nitrogens with zero attached hydrogens (tertiary/aromatic N) is 2. The van der Waals surface area contributed by atoms with Gasteiger partial charge in [-0.15, -0.1) is 0 Å². The molecule has 0 aliphatic carbocycles. The predicted octanol–water partition coefficient (Wildman–Crippen LogP) is 4.89. The number of ether oxygens (including phenoxy) is 3. The van der Waals surface area contributed by atoms with Crippen molar-refractivity contribution in [2.75, 3.05) is 41.5 Å². The molecule has 198 valence electrons. The predicted molar refractivity (Wildman–Crippen MR) is 146 cm³/mol. The molecule has 1 heterocycles. The van der Waals surface area contributed by atoms with E-state index in [1.54, 1.807) is 38.2 Å². The molecule has 0 spiro atoms. The third-order valence-corrected chi connectivity index (χ3v) is 6.60. The summed E-state index contributed by atoms with van der Waals surface area (Å²) in [7, 11) is 6.46. The van der Waals surface area contributed by atoms with Gasteiger partial charge in [0.2, 0.25) is 17.6 Å². The van der Waals surface area contributed by atoms with Crippen molar-refractivity contribution >= 4 is 11.8 Å². The third kappa shape index (κ3) is 6.94. The lowest BCUT2D eigenvalue weighted by atomic mass is 9.98. The first-order valence-corrected chi connectivity index (χ1v) is 12.7. The molecule has 1 aliphatic rings. The number of hydrogen-bond acceptors (Lipinski definition) is 5. The molecule has 1 saturated heterocycles. The van der Waals surface area contributed by atoms with Gasteiger partial charge < -0.3 is 24.0 Å². The molecule has 0 bridgehead atoms. The van der Waals surface area contributed by atoms with E-state index in [9.17, 15) is 9.59 Å². The van der Waals surface area contributed by atoms with Crippen LogP contribution in [0.2, 0.25) is 0 Å². The van der Waals surface area contributed by atoms with Crippen LogP contribution in [0.1, 0.15) is 31.7 Å². The SMILES string of the molecule is CCCCC=CC=CCN1CC(=O)N(C)[C@@H](Cc2ccc(-c3cc(OC)c(OC)c(OC)c3)cc2)C1=O. The minimum atomic E-state index is -0.526. The van der Waals surface area contributed by atoms with E-state index >= 15 is 0 Å². The van der Waals surface area contributed by atoms with Crippen LogP contribution in [-0.2, 0) is 16.0 Å². The molecule has 0 radical (unpaired) electrons. The Kier molecular flexibility index (Phi) is 10.2. The van der Waals surface area contributed by atoms with E-state index in [2.05, 4.69) is 13.0 Å². The third-order valence-electron chi connectivity index (χ3n) is 6.60. The summed E-state index contributed by atoms with van der Waals surface area (Å²) in [6, 6.07) is 11.2. The number of carbonyl (C=O) groups excluding carboxylic acids is 2. The van der Waals surface area contributed by atoms with Crippen LogP contribution in [-0.4, -0.2) is 69.1 Å². The number of methoxy groups -OCH3 is 3. The largest absolute Gasteiger partial charge is 0.493 e. The van der Waals surface area contributed by atoms with Crippen LogP contribution < -0.4 is 14.2 Å². The summed E-state index contributed by atoms with van der Waals surface area (Å²) in [4.78, 5) is 29.1. The zero-order valence-corrected chi connectivity index (χ0v) is 22.5. The van der Waals surface area contributed by atoms with Crippen LogP contribution in [0.15, 0.2) is 60.7 Å². The van der Waals surface area contributed by atoms with Gasteiger partial charge in [-0.05, 0) is 35.2 Å². The van der Waals surface area contributed by atoms with Crippen LogP contribution >= 0.6 is 0 Å². The molecule has 0 N–H and O–H groups in total. The highest BCUT2D eigenvalue weighted by Gasteiger charge is 2.36. The van der Waals surface area contributed by atoms with E-state index in [1.807, 2.05) is 54.6 Å². The molecule has 0 unspecified atom stereocenters. The summed E-state index contributed by atoms with van der Waals surface area (Å²) in [6.07, 6.45) is 11.8. The van der Waals surface area contributed by atoms with E-state index in [1.165, 1.54) is 12.8 Å². The number of carbonyl (C=O) groups is 2. The fourth-order valence-electron chi connectivity index (χ4n) is 4.35. The Labute approximate surface area is 220 Å². The molecule has 3 rings (SSSR count). The minimum Gasteiger partial charge on any atom is -0.493 e. The lowest BCUT2D eigenvalue weighted by Crippen LogP contribution is -2.59. The topological polar surface area (TPSA) is 68.3 Å². The Bertz CT molecular complexity index is 1100. The maximum absolute atomic E-state index is 13.2. The molecule has 1 aliphatic heterocycles. The summed E-state index contributed by atoms with van der Waals surface area (Å²) in [6.45, 7) is 2.70. The number of unbranched alkanes of at least 4 members (excludes halogenated alkanes) is 2. The molecule has 37 heavy (non-hydrogen) atoms. The van der Waals surface area contributed by atoms with Crippen molar-refractivity contribution in [1.82, 2.24) is 9.80 Å². The quantitative estimate of drug-likeness (QED) is 0.303. The van der Waals surface area contributed by atoms with Gasteiger partial charge in [-0.2, -0.15) is 0 Å². The summed E-state index contributed by atoms with van der Waals surface area (Å²) >= 11 is 0. The maximum Gasteiger partial charge on any atom is 0.246 e. The van der Waals surface area contributed by atoms with Crippen LogP contribution in [0.5, 0.6) is 17.2 Å². The second-order valence-corrected chi connectivity index (χ2v) is 9.05. The Balaban J connectivity index is 1.71. The fraction of sp³-hybridized carbons (Fsp3) is 0.400. The van der Waals surface area contributed by atoms with Gasteiger partial charge >= 0.3 is 0 Å². The molecule has 2 aromatic carbocycles. The van der Waals surface area contributed by atoms with E-state index < -0.39 is 6.04 Å².